The number of H-pyrrole nitrogens is 1. The Morgan fingerprint density at radius 2 is 1.70 bits per heavy atom. The van der Waals surface area contributed by atoms with E-state index in [4.69, 9.17) is 11.6 Å². The van der Waals surface area contributed by atoms with Crippen molar-refractivity contribution in [3.63, 3.8) is 0 Å². The number of rotatable bonds is 2. The van der Waals surface area contributed by atoms with E-state index in [9.17, 15) is 22.8 Å². The fourth-order valence-electron chi connectivity index (χ4n) is 1.83. The first kappa shape index (κ1) is 14.4. The van der Waals surface area contributed by atoms with Crippen LogP contribution in [0.3, 0.4) is 0 Å². The van der Waals surface area contributed by atoms with E-state index in [-0.39, 0.29) is 10.7 Å². The molecule has 2 rings (SSSR count). The van der Waals surface area contributed by atoms with Gasteiger partial charge in [0.25, 0.3) is 5.56 Å². The highest BCUT2D eigenvalue weighted by molar-refractivity contribution is 6.29. The van der Waals surface area contributed by atoms with Gasteiger partial charge in [0.2, 0.25) is 0 Å². The minimum atomic E-state index is -1.33. The van der Waals surface area contributed by atoms with Gasteiger partial charge in [-0.05, 0) is 13.0 Å². The number of nitrogens with one attached hydrogen (secondary N) is 1. The molecule has 1 atom stereocenters. The van der Waals surface area contributed by atoms with Gasteiger partial charge in [0, 0.05) is 17.7 Å². The first-order valence-electron chi connectivity index (χ1n) is 5.47. The highest BCUT2D eigenvalue weighted by Crippen LogP contribution is 2.24. The zero-order valence-corrected chi connectivity index (χ0v) is 10.8. The first-order valence-corrected chi connectivity index (χ1v) is 5.85. The molecule has 0 fully saturated rings. The molecule has 0 aliphatic heterocycles. The van der Waals surface area contributed by atoms with Crippen molar-refractivity contribution in [2.45, 2.75) is 13.0 Å². The van der Waals surface area contributed by atoms with E-state index in [1.54, 1.807) is 0 Å². The molecule has 0 spiro atoms. The summed E-state index contributed by atoms with van der Waals surface area (Å²) in [6, 6.07) is 0.925. The number of aromatic amines is 1. The van der Waals surface area contributed by atoms with Crippen LogP contribution in [0, 0.1) is 17.5 Å². The molecular formula is C12H8ClF3N2O2. The molecule has 0 amide bonds. The van der Waals surface area contributed by atoms with Crippen LogP contribution in [0.5, 0.6) is 0 Å². The van der Waals surface area contributed by atoms with Crippen LogP contribution < -0.4 is 11.2 Å². The number of hydrogen-bond acceptors (Lipinski definition) is 2. The van der Waals surface area contributed by atoms with Gasteiger partial charge in [-0.3, -0.25) is 14.3 Å². The van der Waals surface area contributed by atoms with Crippen LogP contribution in [0.25, 0.3) is 0 Å². The van der Waals surface area contributed by atoms with E-state index in [2.05, 4.69) is 0 Å². The molecular weight excluding hydrogens is 297 g/mol. The lowest BCUT2D eigenvalue weighted by molar-refractivity contribution is 0.476. The molecule has 1 aromatic heterocycles. The van der Waals surface area contributed by atoms with Crippen molar-refractivity contribution in [1.29, 1.82) is 0 Å². The fraction of sp³-hybridized carbons (Fsp3) is 0.167. The van der Waals surface area contributed by atoms with Crippen molar-refractivity contribution in [3.8, 4) is 0 Å². The number of aromatic nitrogens is 2. The molecule has 0 saturated heterocycles. The van der Waals surface area contributed by atoms with E-state index in [1.807, 2.05) is 4.98 Å². The maximum Gasteiger partial charge on any atom is 0.330 e. The van der Waals surface area contributed by atoms with E-state index in [1.165, 1.54) is 6.92 Å². The molecule has 1 unspecified atom stereocenters. The molecule has 0 bridgehead atoms. The van der Waals surface area contributed by atoms with Gasteiger partial charge >= 0.3 is 5.69 Å². The molecule has 106 valence electrons. The van der Waals surface area contributed by atoms with Crippen molar-refractivity contribution >= 4 is 11.6 Å². The predicted molar refractivity (Wildman–Crippen MR) is 66.5 cm³/mol. The Hall–Kier alpha value is -2.02. The van der Waals surface area contributed by atoms with Crippen molar-refractivity contribution in [2.75, 3.05) is 0 Å². The third-order valence-corrected chi connectivity index (χ3v) is 3.10. The second kappa shape index (κ2) is 5.16. The summed E-state index contributed by atoms with van der Waals surface area (Å²) in [6.45, 7) is 1.36. The fourth-order valence-corrected chi connectivity index (χ4v) is 2.16. The van der Waals surface area contributed by atoms with Crippen LogP contribution in [-0.2, 0) is 0 Å². The van der Waals surface area contributed by atoms with Crippen LogP contribution in [0.15, 0.2) is 27.8 Å². The van der Waals surface area contributed by atoms with Crippen LogP contribution in [0.1, 0.15) is 18.5 Å². The summed E-state index contributed by atoms with van der Waals surface area (Å²) in [7, 11) is 0. The molecule has 0 saturated carbocycles. The summed E-state index contributed by atoms with van der Waals surface area (Å²) in [5.41, 5.74) is -1.85. The third-order valence-electron chi connectivity index (χ3n) is 2.81. The van der Waals surface area contributed by atoms with E-state index in [0.29, 0.717) is 12.1 Å². The van der Waals surface area contributed by atoms with Gasteiger partial charge in [-0.2, -0.15) is 0 Å². The lowest BCUT2D eigenvalue weighted by Crippen LogP contribution is -2.32. The maximum atomic E-state index is 13.7. The normalized spacial score (nSPS) is 12.4. The Morgan fingerprint density at radius 1 is 1.10 bits per heavy atom. The molecule has 0 aliphatic carbocycles. The SMILES string of the molecule is CC(c1cc(F)c(F)cc1F)n1c(Cl)cc(=O)[nH]c1=O. The van der Waals surface area contributed by atoms with Gasteiger partial charge in [-0.1, -0.05) is 11.6 Å². The molecule has 0 aliphatic rings. The number of halogens is 4. The summed E-state index contributed by atoms with van der Waals surface area (Å²) in [5.74, 6) is -3.61. The molecule has 4 nitrogen and oxygen atoms in total. The van der Waals surface area contributed by atoms with Crippen LogP contribution in [0.2, 0.25) is 5.15 Å². The highest BCUT2D eigenvalue weighted by Gasteiger charge is 2.19. The molecule has 1 aromatic carbocycles. The van der Waals surface area contributed by atoms with E-state index in [0.717, 1.165) is 10.6 Å². The second-order valence-corrected chi connectivity index (χ2v) is 4.48. The summed E-state index contributed by atoms with van der Waals surface area (Å²) in [5, 5.41) is -0.240. The standard InChI is InChI=1S/C12H8ClF3N2O2/c1-5(6-2-8(15)9(16)3-7(6)14)18-10(13)4-11(19)17-12(18)20/h2-5H,1H3,(H,17,19,20). The Kier molecular flexibility index (Phi) is 3.71. The van der Waals surface area contributed by atoms with E-state index >= 15 is 0 Å². The summed E-state index contributed by atoms with van der Waals surface area (Å²) >= 11 is 5.76. The van der Waals surface area contributed by atoms with Crippen molar-refractivity contribution < 1.29 is 13.2 Å². The second-order valence-electron chi connectivity index (χ2n) is 4.10. The molecule has 0 radical (unpaired) electrons. The minimum absolute atomic E-state index is 0.240. The van der Waals surface area contributed by atoms with Crippen LogP contribution >= 0.6 is 11.6 Å². The number of nitrogens with zero attached hydrogens (tertiary/aromatic N) is 1. The van der Waals surface area contributed by atoms with Gasteiger partial charge in [0.05, 0.1) is 6.04 Å². The predicted octanol–water partition coefficient (Wildman–Crippen LogP) is 2.22. The average molecular weight is 305 g/mol. The molecule has 2 aromatic rings. The summed E-state index contributed by atoms with van der Waals surface area (Å²) in [4.78, 5) is 24.7. The zero-order valence-electron chi connectivity index (χ0n) is 10.1. The Morgan fingerprint density at radius 3 is 2.30 bits per heavy atom. The molecule has 1 heterocycles. The lowest BCUT2D eigenvalue weighted by atomic mass is 10.1. The topological polar surface area (TPSA) is 54.9 Å². The van der Waals surface area contributed by atoms with E-state index < -0.39 is 34.7 Å². The maximum absolute atomic E-state index is 13.7. The largest absolute Gasteiger partial charge is 0.330 e. The van der Waals surface area contributed by atoms with Crippen LogP contribution in [0.4, 0.5) is 13.2 Å². The quantitative estimate of drug-likeness (QED) is 0.683. The summed E-state index contributed by atoms with van der Waals surface area (Å²) in [6.07, 6.45) is 0. The zero-order chi connectivity index (χ0) is 15.0. The number of hydrogen-bond donors (Lipinski definition) is 1. The minimum Gasteiger partial charge on any atom is -0.276 e. The monoisotopic (exact) mass is 304 g/mol. The van der Waals surface area contributed by atoms with Crippen molar-refractivity contribution in [3.05, 3.63) is 67.2 Å². The van der Waals surface area contributed by atoms with Crippen molar-refractivity contribution in [2.24, 2.45) is 0 Å². The average Bonchev–Trinajstić information content (AvgIpc) is 2.32. The molecule has 1 N–H and O–H groups in total. The Balaban J connectivity index is 2.63. The molecule has 20 heavy (non-hydrogen) atoms. The van der Waals surface area contributed by atoms with Crippen molar-refractivity contribution in [1.82, 2.24) is 9.55 Å². The smallest absolute Gasteiger partial charge is 0.276 e. The first-order chi connectivity index (χ1) is 9.31. The number of benzene rings is 1. The van der Waals surface area contributed by atoms with Gasteiger partial charge in [0.1, 0.15) is 11.0 Å². The lowest BCUT2D eigenvalue weighted by Gasteiger charge is -2.17. The molecule has 8 heteroatoms. The Bertz CT molecular complexity index is 785. The Labute approximate surface area is 115 Å². The summed E-state index contributed by atoms with van der Waals surface area (Å²) < 4.78 is 40.6. The highest BCUT2D eigenvalue weighted by atomic mass is 35.5. The van der Waals surface area contributed by atoms with Gasteiger partial charge < -0.3 is 0 Å². The van der Waals surface area contributed by atoms with Gasteiger partial charge in [-0.25, -0.2) is 18.0 Å². The van der Waals surface area contributed by atoms with Crippen LogP contribution in [-0.4, -0.2) is 9.55 Å². The van der Waals surface area contributed by atoms with Gasteiger partial charge in [-0.15, -0.1) is 0 Å². The van der Waals surface area contributed by atoms with Gasteiger partial charge in [0.15, 0.2) is 11.6 Å². The third kappa shape index (κ3) is 2.49.